The van der Waals surface area contributed by atoms with Gasteiger partial charge in [0.05, 0.1) is 17.9 Å². The van der Waals surface area contributed by atoms with Crippen LogP contribution in [0.25, 0.3) is 11.2 Å². The van der Waals surface area contributed by atoms with Crippen LogP contribution >= 0.6 is 11.6 Å². The summed E-state index contributed by atoms with van der Waals surface area (Å²) in [6.07, 6.45) is 2.92. The zero-order valence-corrected chi connectivity index (χ0v) is 18.9. The summed E-state index contributed by atoms with van der Waals surface area (Å²) in [5.41, 5.74) is -1.47. The molecule has 3 rings (SSSR count). The van der Waals surface area contributed by atoms with Crippen LogP contribution in [0, 0.1) is 10.1 Å². The number of hydrogen-bond acceptors (Lipinski definition) is 7. The number of anilines is 1. The van der Waals surface area contributed by atoms with Crippen molar-refractivity contribution in [2.45, 2.75) is 39.4 Å². The molecule has 0 fully saturated rings. The number of rotatable bonds is 10. The lowest BCUT2D eigenvalue weighted by Crippen LogP contribution is -2.43. The summed E-state index contributed by atoms with van der Waals surface area (Å²) in [7, 11) is 1.52. The van der Waals surface area contributed by atoms with Gasteiger partial charge in [-0.1, -0.05) is 24.9 Å². The predicted molar refractivity (Wildman–Crippen MR) is 122 cm³/mol. The maximum absolute atomic E-state index is 13.2. The van der Waals surface area contributed by atoms with Crippen LogP contribution in [0.15, 0.2) is 34.1 Å². The van der Waals surface area contributed by atoms with Crippen LogP contribution in [0.4, 0.5) is 11.4 Å². The number of nitrogens with one attached hydrogen (secondary N) is 1. The first-order valence-electron chi connectivity index (χ1n) is 10.2. The van der Waals surface area contributed by atoms with Gasteiger partial charge >= 0.3 is 5.69 Å². The summed E-state index contributed by atoms with van der Waals surface area (Å²) >= 11 is 5.89. The fourth-order valence-corrected chi connectivity index (χ4v) is 3.53. The third-order valence-electron chi connectivity index (χ3n) is 4.99. The number of methoxy groups -OCH3 is 1. The Balaban J connectivity index is 2.04. The molecule has 0 atom stereocenters. The van der Waals surface area contributed by atoms with Gasteiger partial charge in [0.2, 0.25) is 5.91 Å². The molecule has 2 heterocycles. The van der Waals surface area contributed by atoms with Crippen molar-refractivity contribution in [2.75, 3.05) is 19.0 Å². The molecule has 1 amide bonds. The molecule has 12 nitrogen and oxygen atoms in total. The SMILES string of the molecule is CCCCn1c(=O)n(CC(=O)Nc2cc(Cl)ccc2[N+](=O)[O-])c(=O)c2c1ncn2CCOC. The second-order valence-electron chi connectivity index (χ2n) is 7.25. The Morgan fingerprint density at radius 2 is 2.03 bits per heavy atom. The maximum atomic E-state index is 13.2. The first kappa shape index (κ1) is 24.1. The van der Waals surface area contributed by atoms with Crippen LogP contribution in [0.2, 0.25) is 5.02 Å². The van der Waals surface area contributed by atoms with E-state index in [0.717, 1.165) is 17.1 Å². The number of ether oxygens (including phenoxy) is 1. The highest BCUT2D eigenvalue weighted by molar-refractivity contribution is 6.31. The van der Waals surface area contributed by atoms with Gasteiger partial charge in [-0.15, -0.1) is 0 Å². The lowest BCUT2D eigenvalue weighted by Gasteiger charge is -2.13. The highest BCUT2D eigenvalue weighted by Crippen LogP contribution is 2.27. The number of nitrogens with zero attached hydrogens (tertiary/aromatic N) is 5. The van der Waals surface area contributed by atoms with Crippen LogP contribution < -0.4 is 16.6 Å². The number of carbonyl (C=O) groups is 1. The van der Waals surface area contributed by atoms with E-state index in [2.05, 4.69) is 10.3 Å². The second kappa shape index (κ2) is 10.4. The molecular formula is C20H23ClN6O6. The fourth-order valence-electron chi connectivity index (χ4n) is 3.36. The lowest BCUT2D eigenvalue weighted by molar-refractivity contribution is -0.383. The van der Waals surface area contributed by atoms with Crippen molar-refractivity contribution in [1.82, 2.24) is 18.7 Å². The fraction of sp³-hybridized carbons (Fsp3) is 0.400. The minimum absolute atomic E-state index is 0.136. The average molecular weight is 479 g/mol. The number of carbonyl (C=O) groups excluding carboxylic acids is 1. The number of benzene rings is 1. The number of fused-ring (bicyclic) bond motifs is 1. The highest BCUT2D eigenvalue weighted by Gasteiger charge is 2.21. The molecule has 0 aliphatic carbocycles. The third kappa shape index (κ3) is 5.12. The number of hydrogen-bond donors (Lipinski definition) is 1. The van der Waals surface area contributed by atoms with Crippen molar-refractivity contribution in [1.29, 1.82) is 0 Å². The van der Waals surface area contributed by atoms with Gasteiger partial charge < -0.3 is 14.6 Å². The summed E-state index contributed by atoms with van der Waals surface area (Å²) in [4.78, 5) is 53.8. The van der Waals surface area contributed by atoms with Crippen molar-refractivity contribution in [3.8, 4) is 0 Å². The van der Waals surface area contributed by atoms with E-state index in [9.17, 15) is 24.5 Å². The van der Waals surface area contributed by atoms with Crippen LogP contribution in [0.5, 0.6) is 0 Å². The number of nitro benzene ring substituents is 1. The molecule has 0 bridgehead atoms. The summed E-state index contributed by atoms with van der Waals surface area (Å²) in [6, 6.07) is 3.70. The number of aromatic nitrogens is 4. The van der Waals surface area contributed by atoms with Gasteiger partial charge in [0, 0.05) is 31.3 Å². The van der Waals surface area contributed by atoms with Crippen LogP contribution in [0.1, 0.15) is 19.8 Å². The van der Waals surface area contributed by atoms with Crippen molar-refractivity contribution in [3.05, 3.63) is 60.5 Å². The normalized spacial score (nSPS) is 11.1. The molecule has 0 saturated heterocycles. The number of aryl methyl sites for hydroxylation is 1. The van der Waals surface area contributed by atoms with Crippen molar-refractivity contribution >= 4 is 40.0 Å². The van der Waals surface area contributed by atoms with E-state index in [1.54, 1.807) is 4.57 Å². The van der Waals surface area contributed by atoms with Crippen molar-refractivity contribution in [2.24, 2.45) is 0 Å². The summed E-state index contributed by atoms with van der Waals surface area (Å²) in [5, 5.41) is 13.8. The standard InChI is InChI=1S/C20H23ClN6O6/c1-3-4-7-25-18-17(24(12-22-18)8-9-33-2)19(29)26(20(25)30)11-16(28)23-14-10-13(21)5-6-15(14)27(31)32/h5-6,10,12H,3-4,7-9,11H2,1-2H3,(H,23,28). The number of unbranched alkanes of at least 4 members (excludes halogenated alkanes) is 1. The molecule has 0 radical (unpaired) electrons. The molecule has 0 saturated carbocycles. The molecule has 1 N–H and O–H groups in total. The van der Waals surface area contributed by atoms with Crippen LogP contribution in [-0.4, -0.2) is 43.2 Å². The van der Waals surface area contributed by atoms with E-state index < -0.39 is 28.6 Å². The summed E-state index contributed by atoms with van der Waals surface area (Å²) < 4.78 is 8.80. The number of amides is 1. The number of nitro groups is 1. The molecule has 33 heavy (non-hydrogen) atoms. The van der Waals surface area contributed by atoms with Gasteiger partial charge in [-0.25, -0.2) is 14.3 Å². The molecule has 13 heteroatoms. The van der Waals surface area contributed by atoms with Crippen molar-refractivity contribution < 1.29 is 14.5 Å². The Bertz CT molecular complexity index is 1310. The quantitative estimate of drug-likeness (QED) is 0.346. The smallest absolute Gasteiger partial charge is 0.333 e. The largest absolute Gasteiger partial charge is 0.383 e. The second-order valence-corrected chi connectivity index (χ2v) is 7.69. The average Bonchev–Trinajstić information content (AvgIpc) is 3.19. The predicted octanol–water partition coefficient (Wildman–Crippen LogP) is 2.01. The first-order chi connectivity index (χ1) is 15.8. The first-order valence-corrected chi connectivity index (χ1v) is 10.6. The zero-order chi connectivity index (χ0) is 24.1. The van der Waals surface area contributed by atoms with E-state index in [1.807, 2.05) is 6.92 Å². The molecule has 0 aliphatic rings. The Morgan fingerprint density at radius 1 is 1.27 bits per heavy atom. The van der Waals surface area contributed by atoms with E-state index in [-0.39, 0.29) is 27.6 Å². The molecule has 0 unspecified atom stereocenters. The molecular weight excluding hydrogens is 456 g/mol. The van der Waals surface area contributed by atoms with Gasteiger partial charge in [0.1, 0.15) is 12.2 Å². The summed E-state index contributed by atoms with van der Waals surface area (Å²) in [5.74, 6) is -0.788. The topological polar surface area (TPSA) is 143 Å². The third-order valence-corrected chi connectivity index (χ3v) is 5.22. The molecule has 176 valence electrons. The minimum Gasteiger partial charge on any atom is -0.383 e. The Labute approximate surface area is 192 Å². The van der Waals surface area contributed by atoms with E-state index in [1.165, 1.54) is 30.1 Å². The summed E-state index contributed by atoms with van der Waals surface area (Å²) in [6.45, 7) is 2.28. The lowest BCUT2D eigenvalue weighted by atomic mass is 10.2. The molecule has 0 aliphatic heterocycles. The Kier molecular flexibility index (Phi) is 7.61. The zero-order valence-electron chi connectivity index (χ0n) is 18.1. The Hall–Kier alpha value is -3.51. The molecule has 1 aromatic carbocycles. The number of halogens is 1. The molecule has 0 spiro atoms. The van der Waals surface area contributed by atoms with Gasteiger partial charge in [0.25, 0.3) is 11.2 Å². The number of imidazole rings is 1. The van der Waals surface area contributed by atoms with Gasteiger partial charge in [-0.3, -0.25) is 24.3 Å². The van der Waals surface area contributed by atoms with Crippen LogP contribution in [0.3, 0.4) is 0 Å². The Morgan fingerprint density at radius 3 is 2.70 bits per heavy atom. The van der Waals surface area contributed by atoms with E-state index in [0.29, 0.717) is 26.1 Å². The molecule has 3 aromatic rings. The van der Waals surface area contributed by atoms with Crippen molar-refractivity contribution in [3.63, 3.8) is 0 Å². The van der Waals surface area contributed by atoms with Gasteiger partial charge in [0.15, 0.2) is 11.2 Å². The van der Waals surface area contributed by atoms with Gasteiger partial charge in [-0.05, 0) is 18.6 Å². The minimum atomic E-state index is -0.788. The van der Waals surface area contributed by atoms with E-state index >= 15 is 0 Å². The maximum Gasteiger partial charge on any atom is 0.333 e. The monoisotopic (exact) mass is 478 g/mol. The highest BCUT2D eigenvalue weighted by atomic mass is 35.5. The van der Waals surface area contributed by atoms with Crippen LogP contribution in [-0.2, 0) is 29.2 Å². The van der Waals surface area contributed by atoms with E-state index in [4.69, 9.17) is 16.3 Å². The van der Waals surface area contributed by atoms with Gasteiger partial charge in [-0.2, -0.15) is 0 Å². The molecule has 2 aromatic heterocycles.